The van der Waals surface area contributed by atoms with E-state index in [0.717, 1.165) is 23.9 Å². The zero-order chi connectivity index (χ0) is 23.1. The van der Waals surface area contributed by atoms with Crippen LogP contribution in [0.25, 0.3) is 10.2 Å². The Morgan fingerprint density at radius 2 is 1.62 bits per heavy atom. The number of alkyl halides is 3. The van der Waals surface area contributed by atoms with E-state index >= 15 is 0 Å². The molecule has 32 heavy (non-hydrogen) atoms. The van der Waals surface area contributed by atoms with Gasteiger partial charge in [0.2, 0.25) is 0 Å². The monoisotopic (exact) mass is 534 g/mol. The Morgan fingerprint density at radius 1 is 0.969 bits per heavy atom. The molecule has 12 heteroatoms. The number of anilines is 1. The summed E-state index contributed by atoms with van der Waals surface area (Å²) in [5.74, 6) is 0. The van der Waals surface area contributed by atoms with Crippen molar-refractivity contribution in [2.24, 2.45) is 0 Å². The van der Waals surface area contributed by atoms with Crippen LogP contribution in [0.1, 0.15) is 5.56 Å². The van der Waals surface area contributed by atoms with Gasteiger partial charge < -0.3 is 0 Å². The Hall–Kier alpha value is -1.98. The van der Waals surface area contributed by atoms with Gasteiger partial charge in [0, 0.05) is 0 Å². The van der Waals surface area contributed by atoms with Crippen molar-refractivity contribution in [1.82, 2.24) is 4.98 Å². The number of nitrogens with zero attached hydrogens (tertiary/aromatic N) is 1. The van der Waals surface area contributed by atoms with Crippen LogP contribution in [-0.2, 0) is 16.2 Å². The van der Waals surface area contributed by atoms with Crippen LogP contribution in [0.5, 0.6) is 0 Å². The van der Waals surface area contributed by atoms with Crippen molar-refractivity contribution in [2.75, 3.05) is 4.72 Å². The standard InChI is InChI=1S/C20H11Cl2F3N2O2S3/c21-14-9-12(27-32(28,29)13-4-2-1-3-5-13)10-15(22)18(14)31-19-26-16-8-11(20(23,24)25)6-7-17(16)30-19/h1-10,27H. The lowest BCUT2D eigenvalue weighted by molar-refractivity contribution is -0.137. The molecule has 0 radical (unpaired) electrons. The Balaban J connectivity index is 1.60. The van der Waals surface area contributed by atoms with E-state index in [1.807, 2.05) is 0 Å². The van der Waals surface area contributed by atoms with Gasteiger partial charge in [-0.05, 0) is 42.5 Å². The quantitative estimate of drug-likeness (QED) is 0.286. The Bertz CT molecular complexity index is 1390. The number of hydrogen-bond donors (Lipinski definition) is 1. The van der Waals surface area contributed by atoms with Crippen LogP contribution in [0.2, 0.25) is 10.0 Å². The van der Waals surface area contributed by atoms with Crippen molar-refractivity contribution in [3.8, 4) is 0 Å². The third-order valence-electron chi connectivity index (χ3n) is 4.19. The van der Waals surface area contributed by atoms with Crippen molar-refractivity contribution in [3.63, 3.8) is 0 Å². The number of rotatable bonds is 5. The summed E-state index contributed by atoms with van der Waals surface area (Å²) in [4.78, 5) is 4.73. The normalized spacial score (nSPS) is 12.3. The van der Waals surface area contributed by atoms with Crippen LogP contribution in [-0.4, -0.2) is 13.4 Å². The number of sulfonamides is 1. The molecule has 1 N–H and O–H groups in total. The van der Waals surface area contributed by atoms with Crippen molar-refractivity contribution in [2.45, 2.75) is 20.3 Å². The van der Waals surface area contributed by atoms with Crippen LogP contribution in [0.3, 0.4) is 0 Å². The predicted molar refractivity (Wildman–Crippen MR) is 122 cm³/mol. The minimum absolute atomic E-state index is 0.0819. The number of aromatic nitrogens is 1. The van der Waals surface area contributed by atoms with Crippen LogP contribution >= 0.6 is 46.3 Å². The molecule has 3 aromatic carbocycles. The molecule has 0 unspecified atom stereocenters. The van der Waals surface area contributed by atoms with E-state index in [0.29, 0.717) is 13.9 Å². The SMILES string of the molecule is O=S(=O)(Nc1cc(Cl)c(Sc2nc3cc(C(F)(F)F)ccc3s2)c(Cl)c1)c1ccccc1. The maximum absolute atomic E-state index is 12.9. The summed E-state index contributed by atoms with van der Waals surface area (Å²) in [5.41, 5.74) is -0.392. The fourth-order valence-electron chi connectivity index (χ4n) is 2.74. The third kappa shape index (κ3) is 4.99. The van der Waals surface area contributed by atoms with Crippen LogP contribution < -0.4 is 4.72 Å². The molecule has 0 atom stereocenters. The minimum atomic E-state index is -4.46. The van der Waals surface area contributed by atoms with E-state index in [4.69, 9.17) is 23.2 Å². The van der Waals surface area contributed by atoms with Crippen molar-refractivity contribution >= 4 is 72.2 Å². The maximum Gasteiger partial charge on any atom is 0.416 e. The molecular weight excluding hydrogens is 524 g/mol. The first-order valence-corrected chi connectivity index (χ1v) is 12.6. The first kappa shape index (κ1) is 23.2. The van der Waals surface area contributed by atoms with E-state index in [2.05, 4.69) is 9.71 Å². The van der Waals surface area contributed by atoms with E-state index in [9.17, 15) is 21.6 Å². The number of benzene rings is 3. The molecule has 166 valence electrons. The zero-order valence-electron chi connectivity index (χ0n) is 15.7. The summed E-state index contributed by atoms with van der Waals surface area (Å²) in [7, 11) is -3.83. The molecule has 4 rings (SSSR count). The lowest BCUT2D eigenvalue weighted by Crippen LogP contribution is -2.12. The topological polar surface area (TPSA) is 59.1 Å². The molecule has 0 bridgehead atoms. The van der Waals surface area contributed by atoms with Gasteiger partial charge in [0.15, 0.2) is 4.34 Å². The first-order chi connectivity index (χ1) is 15.0. The van der Waals surface area contributed by atoms with E-state index in [-0.39, 0.29) is 26.1 Å². The van der Waals surface area contributed by atoms with Gasteiger partial charge in [-0.3, -0.25) is 4.72 Å². The molecule has 1 heterocycles. The van der Waals surface area contributed by atoms with Gasteiger partial charge in [-0.2, -0.15) is 13.2 Å². The molecule has 0 aliphatic heterocycles. The molecule has 4 nitrogen and oxygen atoms in total. The minimum Gasteiger partial charge on any atom is -0.280 e. The summed E-state index contributed by atoms with van der Waals surface area (Å²) in [5, 5.41) is 0.340. The largest absolute Gasteiger partial charge is 0.416 e. The summed E-state index contributed by atoms with van der Waals surface area (Å²) in [6, 6.07) is 14.0. The highest BCUT2D eigenvalue weighted by molar-refractivity contribution is 8.01. The predicted octanol–water partition coefficient (Wildman–Crippen LogP) is 7.57. The van der Waals surface area contributed by atoms with Gasteiger partial charge in [-0.1, -0.05) is 53.2 Å². The average molecular weight is 535 g/mol. The molecule has 0 saturated heterocycles. The van der Waals surface area contributed by atoms with Crippen molar-refractivity contribution in [1.29, 1.82) is 0 Å². The molecule has 0 saturated carbocycles. The zero-order valence-corrected chi connectivity index (χ0v) is 19.6. The second-order valence-electron chi connectivity index (χ2n) is 6.45. The number of thiazole rings is 1. The summed E-state index contributed by atoms with van der Waals surface area (Å²) in [6.07, 6.45) is -4.46. The van der Waals surface area contributed by atoms with E-state index in [1.165, 1.54) is 41.7 Å². The lowest BCUT2D eigenvalue weighted by Gasteiger charge is -2.11. The van der Waals surface area contributed by atoms with Gasteiger partial charge in [0.25, 0.3) is 10.0 Å². The molecule has 0 fully saturated rings. The molecule has 4 aromatic rings. The second-order valence-corrected chi connectivity index (χ2v) is 11.2. The molecule has 0 spiro atoms. The van der Waals surface area contributed by atoms with Crippen LogP contribution in [0, 0.1) is 0 Å². The fourth-order valence-corrected chi connectivity index (χ4v) is 6.52. The number of fused-ring (bicyclic) bond motifs is 1. The Labute approximate surface area is 199 Å². The smallest absolute Gasteiger partial charge is 0.280 e. The van der Waals surface area contributed by atoms with Crippen molar-refractivity contribution in [3.05, 3.63) is 76.3 Å². The fraction of sp³-hybridized carbons (Fsp3) is 0.0500. The van der Waals surface area contributed by atoms with Gasteiger partial charge in [-0.15, -0.1) is 11.3 Å². The number of hydrogen-bond acceptors (Lipinski definition) is 5. The number of nitrogens with one attached hydrogen (secondary N) is 1. The molecule has 1 aromatic heterocycles. The highest BCUT2D eigenvalue weighted by Crippen LogP contribution is 2.43. The Kier molecular flexibility index (Phi) is 6.34. The molecular formula is C20H11Cl2F3N2O2S3. The molecule has 0 aliphatic carbocycles. The van der Waals surface area contributed by atoms with E-state index in [1.54, 1.807) is 18.2 Å². The highest BCUT2D eigenvalue weighted by atomic mass is 35.5. The van der Waals surface area contributed by atoms with E-state index < -0.39 is 21.8 Å². The molecule has 0 amide bonds. The maximum atomic E-state index is 12.9. The van der Waals surface area contributed by atoms with Crippen LogP contribution in [0.15, 0.2) is 74.8 Å². The molecule has 0 aliphatic rings. The summed E-state index contributed by atoms with van der Waals surface area (Å²) >= 11 is 14.9. The Morgan fingerprint density at radius 3 is 2.25 bits per heavy atom. The first-order valence-electron chi connectivity index (χ1n) is 8.75. The lowest BCUT2D eigenvalue weighted by atomic mass is 10.2. The number of halogens is 5. The summed E-state index contributed by atoms with van der Waals surface area (Å²) < 4.78 is 67.2. The second kappa shape index (κ2) is 8.75. The summed E-state index contributed by atoms with van der Waals surface area (Å²) in [6.45, 7) is 0. The average Bonchev–Trinajstić information content (AvgIpc) is 3.12. The van der Waals surface area contributed by atoms with Gasteiger partial charge in [0.05, 0.1) is 41.3 Å². The van der Waals surface area contributed by atoms with Crippen LogP contribution in [0.4, 0.5) is 18.9 Å². The third-order valence-corrected chi connectivity index (χ3v) is 8.65. The highest BCUT2D eigenvalue weighted by Gasteiger charge is 2.31. The van der Waals surface area contributed by atoms with Gasteiger partial charge in [-0.25, -0.2) is 13.4 Å². The van der Waals surface area contributed by atoms with Gasteiger partial charge in [0.1, 0.15) is 0 Å². The van der Waals surface area contributed by atoms with Gasteiger partial charge >= 0.3 is 6.18 Å². The van der Waals surface area contributed by atoms with Crippen molar-refractivity contribution < 1.29 is 21.6 Å².